The minimum atomic E-state index is 0.0747. The number of unbranched alkanes of at least 4 members (excludes halogenated alkanes) is 11. The SMILES string of the molecule is CC=CNNC(=O)CCCCCCCC=CCCCCCCCC. The fourth-order valence-corrected chi connectivity index (χ4v) is 2.62. The molecule has 0 atom stereocenters. The van der Waals surface area contributed by atoms with Crippen molar-refractivity contribution in [3.05, 3.63) is 24.4 Å². The Morgan fingerprint density at radius 1 is 0.792 bits per heavy atom. The zero-order valence-corrected chi connectivity index (χ0v) is 16.1. The molecule has 3 heteroatoms. The van der Waals surface area contributed by atoms with E-state index in [1.165, 1.54) is 70.6 Å². The molecule has 0 rings (SSSR count). The quantitative estimate of drug-likeness (QED) is 0.189. The number of hydrogen-bond donors (Lipinski definition) is 2. The van der Waals surface area contributed by atoms with Crippen LogP contribution in [0.5, 0.6) is 0 Å². The van der Waals surface area contributed by atoms with Crippen LogP contribution in [0.15, 0.2) is 24.4 Å². The van der Waals surface area contributed by atoms with Crippen LogP contribution in [-0.4, -0.2) is 5.91 Å². The van der Waals surface area contributed by atoms with Gasteiger partial charge in [-0.3, -0.25) is 10.2 Å². The maximum Gasteiger partial charge on any atom is 0.238 e. The predicted octanol–water partition coefficient (Wildman–Crippen LogP) is 6.18. The summed E-state index contributed by atoms with van der Waals surface area (Å²) >= 11 is 0. The number of carbonyl (C=O) groups is 1. The van der Waals surface area contributed by atoms with E-state index in [0.29, 0.717) is 6.42 Å². The summed E-state index contributed by atoms with van der Waals surface area (Å²) in [6.07, 6.45) is 25.6. The van der Waals surface area contributed by atoms with Gasteiger partial charge in [0, 0.05) is 12.6 Å². The molecule has 0 aromatic heterocycles. The molecular formula is C21H40N2O. The molecule has 0 unspecified atom stereocenters. The van der Waals surface area contributed by atoms with Gasteiger partial charge in [0.05, 0.1) is 0 Å². The molecule has 3 nitrogen and oxygen atoms in total. The molecule has 0 saturated heterocycles. The Balaban J connectivity index is 3.19. The van der Waals surface area contributed by atoms with Crippen molar-refractivity contribution in [1.82, 2.24) is 10.9 Å². The van der Waals surface area contributed by atoms with Crippen LogP contribution >= 0.6 is 0 Å². The van der Waals surface area contributed by atoms with Crippen LogP contribution < -0.4 is 10.9 Å². The minimum Gasteiger partial charge on any atom is -0.306 e. The molecule has 0 radical (unpaired) electrons. The Morgan fingerprint density at radius 3 is 1.92 bits per heavy atom. The number of allylic oxidation sites excluding steroid dienone is 3. The highest BCUT2D eigenvalue weighted by Gasteiger charge is 1.98. The van der Waals surface area contributed by atoms with E-state index in [-0.39, 0.29) is 5.91 Å². The summed E-state index contributed by atoms with van der Waals surface area (Å²) in [6.45, 7) is 4.17. The number of amides is 1. The van der Waals surface area contributed by atoms with Crippen molar-refractivity contribution in [3.63, 3.8) is 0 Å². The summed E-state index contributed by atoms with van der Waals surface area (Å²) in [5, 5.41) is 0. The van der Waals surface area contributed by atoms with Gasteiger partial charge in [-0.25, -0.2) is 0 Å². The van der Waals surface area contributed by atoms with Crippen molar-refractivity contribution in [2.24, 2.45) is 0 Å². The summed E-state index contributed by atoms with van der Waals surface area (Å²) in [6, 6.07) is 0. The van der Waals surface area contributed by atoms with Crippen molar-refractivity contribution in [2.45, 2.75) is 104 Å². The fraction of sp³-hybridized carbons (Fsp3) is 0.762. The third-order valence-electron chi connectivity index (χ3n) is 4.13. The van der Waals surface area contributed by atoms with Crippen LogP contribution in [0.4, 0.5) is 0 Å². The highest BCUT2D eigenvalue weighted by atomic mass is 16.2. The Morgan fingerprint density at radius 2 is 1.33 bits per heavy atom. The smallest absolute Gasteiger partial charge is 0.238 e. The Bertz CT molecular complexity index is 324. The van der Waals surface area contributed by atoms with E-state index in [0.717, 1.165) is 12.8 Å². The molecule has 0 aliphatic heterocycles. The van der Waals surface area contributed by atoms with Crippen molar-refractivity contribution in [1.29, 1.82) is 0 Å². The Kier molecular flexibility index (Phi) is 18.8. The average molecular weight is 337 g/mol. The molecule has 0 bridgehead atoms. The van der Waals surface area contributed by atoms with Crippen LogP contribution in [-0.2, 0) is 4.79 Å². The largest absolute Gasteiger partial charge is 0.306 e. The summed E-state index contributed by atoms with van der Waals surface area (Å²) in [4.78, 5) is 11.4. The van der Waals surface area contributed by atoms with Gasteiger partial charge in [-0.05, 0) is 39.0 Å². The number of rotatable bonds is 17. The van der Waals surface area contributed by atoms with Gasteiger partial charge in [0.2, 0.25) is 5.91 Å². The molecule has 2 N–H and O–H groups in total. The third-order valence-corrected chi connectivity index (χ3v) is 4.13. The van der Waals surface area contributed by atoms with Gasteiger partial charge in [0.25, 0.3) is 0 Å². The molecule has 0 aromatic rings. The van der Waals surface area contributed by atoms with Gasteiger partial charge in [0.1, 0.15) is 0 Å². The molecule has 0 spiro atoms. The first-order chi connectivity index (χ1) is 11.8. The first-order valence-corrected chi connectivity index (χ1v) is 10.1. The zero-order valence-electron chi connectivity index (χ0n) is 16.1. The van der Waals surface area contributed by atoms with Crippen LogP contribution in [0.1, 0.15) is 104 Å². The summed E-state index contributed by atoms with van der Waals surface area (Å²) in [5.41, 5.74) is 5.40. The number of nitrogens with one attached hydrogen (secondary N) is 2. The third kappa shape index (κ3) is 18.8. The average Bonchev–Trinajstić information content (AvgIpc) is 2.58. The second-order valence-electron chi connectivity index (χ2n) is 6.53. The lowest BCUT2D eigenvalue weighted by atomic mass is 10.1. The van der Waals surface area contributed by atoms with Crippen LogP contribution in [0.25, 0.3) is 0 Å². The van der Waals surface area contributed by atoms with Gasteiger partial charge in [-0.15, -0.1) is 0 Å². The van der Waals surface area contributed by atoms with E-state index < -0.39 is 0 Å². The lowest BCUT2D eigenvalue weighted by molar-refractivity contribution is -0.121. The molecular weight excluding hydrogens is 296 g/mol. The topological polar surface area (TPSA) is 41.1 Å². The lowest BCUT2D eigenvalue weighted by Crippen LogP contribution is -2.33. The summed E-state index contributed by atoms with van der Waals surface area (Å²) in [7, 11) is 0. The molecule has 140 valence electrons. The zero-order chi connectivity index (χ0) is 17.7. The monoisotopic (exact) mass is 336 g/mol. The summed E-state index contributed by atoms with van der Waals surface area (Å²) < 4.78 is 0. The highest BCUT2D eigenvalue weighted by Crippen LogP contribution is 2.09. The number of hydrazine groups is 1. The van der Waals surface area contributed by atoms with Gasteiger partial charge in [-0.1, -0.05) is 76.5 Å². The summed E-state index contributed by atoms with van der Waals surface area (Å²) in [5.74, 6) is 0.0747. The molecule has 0 aliphatic rings. The standard InChI is InChI=1S/C21H40N2O/c1-3-5-6-7-8-9-10-11-12-13-14-15-16-17-18-19-21(24)23-22-20-4-2/h4,11-12,20,22H,3,5-10,13-19H2,1-2H3,(H,23,24). The van der Waals surface area contributed by atoms with E-state index in [2.05, 4.69) is 29.9 Å². The molecule has 0 saturated carbocycles. The maximum atomic E-state index is 11.4. The van der Waals surface area contributed by atoms with Crippen molar-refractivity contribution < 1.29 is 4.79 Å². The second-order valence-corrected chi connectivity index (χ2v) is 6.53. The van der Waals surface area contributed by atoms with Crippen LogP contribution in [0.2, 0.25) is 0 Å². The lowest BCUT2D eigenvalue weighted by Gasteiger charge is -2.04. The van der Waals surface area contributed by atoms with Crippen molar-refractivity contribution in [2.75, 3.05) is 0 Å². The van der Waals surface area contributed by atoms with E-state index in [9.17, 15) is 4.79 Å². The number of hydrogen-bond acceptors (Lipinski definition) is 2. The molecule has 0 aromatic carbocycles. The van der Waals surface area contributed by atoms with Crippen molar-refractivity contribution in [3.8, 4) is 0 Å². The Labute approximate surface area is 150 Å². The van der Waals surface area contributed by atoms with E-state index in [1.54, 1.807) is 6.20 Å². The van der Waals surface area contributed by atoms with Gasteiger partial charge in [0.15, 0.2) is 0 Å². The normalized spacial score (nSPS) is 11.4. The van der Waals surface area contributed by atoms with Gasteiger partial charge >= 0.3 is 0 Å². The number of carbonyl (C=O) groups excluding carboxylic acids is 1. The molecule has 0 fully saturated rings. The second kappa shape index (κ2) is 19.8. The van der Waals surface area contributed by atoms with Crippen molar-refractivity contribution >= 4 is 5.91 Å². The van der Waals surface area contributed by atoms with E-state index in [1.807, 2.05) is 13.0 Å². The molecule has 0 heterocycles. The first kappa shape index (κ1) is 22.8. The van der Waals surface area contributed by atoms with Crippen LogP contribution in [0, 0.1) is 0 Å². The predicted molar refractivity (Wildman–Crippen MR) is 106 cm³/mol. The molecule has 24 heavy (non-hydrogen) atoms. The van der Waals surface area contributed by atoms with Gasteiger partial charge in [-0.2, -0.15) is 0 Å². The Hall–Kier alpha value is -1.25. The maximum absolute atomic E-state index is 11.4. The van der Waals surface area contributed by atoms with Gasteiger partial charge < -0.3 is 5.43 Å². The first-order valence-electron chi connectivity index (χ1n) is 10.1. The molecule has 1 amide bonds. The highest BCUT2D eigenvalue weighted by molar-refractivity contribution is 5.75. The van der Waals surface area contributed by atoms with Crippen LogP contribution in [0.3, 0.4) is 0 Å². The molecule has 0 aliphatic carbocycles. The fourth-order valence-electron chi connectivity index (χ4n) is 2.62. The van der Waals surface area contributed by atoms with E-state index >= 15 is 0 Å². The van der Waals surface area contributed by atoms with E-state index in [4.69, 9.17) is 0 Å². The minimum absolute atomic E-state index is 0.0747.